The lowest BCUT2D eigenvalue weighted by molar-refractivity contribution is 0.0689. The molecule has 0 spiro atoms. The summed E-state index contributed by atoms with van der Waals surface area (Å²) in [5.74, 6) is -0.434. The number of methoxy groups -OCH3 is 1. The second-order valence-corrected chi connectivity index (χ2v) is 5.18. The van der Waals surface area contributed by atoms with Gasteiger partial charge in [0.15, 0.2) is 5.43 Å². The molecule has 0 saturated carbocycles. The van der Waals surface area contributed by atoms with Crippen LogP contribution in [-0.4, -0.2) is 23.2 Å². The van der Waals surface area contributed by atoms with Crippen LogP contribution in [0.15, 0.2) is 53.3 Å². The van der Waals surface area contributed by atoms with Crippen LogP contribution in [0.1, 0.15) is 21.6 Å². The third-order valence-electron chi connectivity index (χ3n) is 3.76. The molecule has 5 heteroatoms. The van der Waals surface area contributed by atoms with Crippen molar-refractivity contribution < 1.29 is 14.6 Å². The quantitative estimate of drug-likeness (QED) is 0.776. The average Bonchev–Trinajstić information content (AvgIpc) is 2.57. The fourth-order valence-corrected chi connectivity index (χ4v) is 2.58. The number of benzene rings is 2. The highest BCUT2D eigenvalue weighted by molar-refractivity contribution is 5.91. The summed E-state index contributed by atoms with van der Waals surface area (Å²) in [4.78, 5) is 27.0. The van der Waals surface area contributed by atoms with Crippen LogP contribution < -0.4 is 10.2 Å². The molecular formula is C18H15NO4. The van der Waals surface area contributed by atoms with Gasteiger partial charge >= 0.3 is 5.97 Å². The SMILES string of the molecule is COc1ccc(Cc2c(C(=O)O)[nH]c3ccccc3c2=O)cc1. The zero-order valence-electron chi connectivity index (χ0n) is 12.5. The number of pyridine rings is 1. The molecule has 23 heavy (non-hydrogen) atoms. The van der Waals surface area contributed by atoms with Crippen molar-refractivity contribution >= 4 is 16.9 Å². The minimum absolute atomic E-state index is 0.0653. The van der Waals surface area contributed by atoms with Crippen molar-refractivity contribution in [3.8, 4) is 5.75 Å². The van der Waals surface area contributed by atoms with Crippen LogP contribution in [0.4, 0.5) is 0 Å². The van der Waals surface area contributed by atoms with Gasteiger partial charge in [-0.15, -0.1) is 0 Å². The maximum absolute atomic E-state index is 12.7. The first-order valence-electron chi connectivity index (χ1n) is 7.10. The zero-order valence-corrected chi connectivity index (χ0v) is 12.5. The molecule has 0 aliphatic rings. The molecule has 0 unspecified atom stereocenters. The van der Waals surface area contributed by atoms with Gasteiger partial charge in [0.25, 0.3) is 0 Å². The molecule has 0 amide bonds. The van der Waals surface area contributed by atoms with Gasteiger partial charge in [0.05, 0.1) is 7.11 Å². The summed E-state index contributed by atoms with van der Waals surface area (Å²) < 4.78 is 5.10. The van der Waals surface area contributed by atoms with E-state index in [1.165, 1.54) is 0 Å². The lowest BCUT2D eigenvalue weighted by Gasteiger charge is -2.09. The van der Waals surface area contributed by atoms with Gasteiger partial charge in [-0.05, 0) is 29.8 Å². The van der Waals surface area contributed by atoms with Crippen molar-refractivity contribution in [1.29, 1.82) is 0 Å². The van der Waals surface area contributed by atoms with Crippen molar-refractivity contribution in [2.45, 2.75) is 6.42 Å². The Morgan fingerprint density at radius 2 is 1.83 bits per heavy atom. The molecule has 116 valence electrons. The molecule has 1 aromatic heterocycles. The highest BCUT2D eigenvalue weighted by Crippen LogP contribution is 2.17. The third kappa shape index (κ3) is 2.81. The monoisotopic (exact) mass is 309 g/mol. The number of carboxylic acid groups (broad SMARTS) is 1. The van der Waals surface area contributed by atoms with E-state index in [-0.39, 0.29) is 23.1 Å². The first-order chi connectivity index (χ1) is 11.1. The first kappa shape index (κ1) is 14.8. The number of fused-ring (bicyclic) bond motifs is 1. The van der Waals surface area contributed by atoms with Crippen LogP contribution in [-0.2, 0) is 6.42 Å². The van der Waals surface area contributed by atoms with Gasteiger partial charge in [-0.2, -0.15) is 0 Å². The molecule has 5 nitrogen and oxygen atoms in total. The number of aromatic carboxylic acids is 1. The van der Waals surface area contributed by atoms with E-state index in [2.05, 4.69) is 4.98 Å². The van der Waals surface area contributed by atoms with Crippen molar-refractivity contribution in [2.24, 2.45) is 0 Å². The molecule has 0 aliphatic carbocycles. The van der Waals surface area contributed by atoms with Crippen LogP contribution in [0.25, 0.3) is 10.9 Å². The molecule has 0 aliphatic heterocycles. The Morgan fingerprint density at radius 3 is 2.48 bits per heavy atom. The van der Waals surface area contributed by atoms with Crippen LogP contribution in [0.2, 0.25) is 0 Å². The Morgan fingerprint density at radius 1 is 1.13 bits per heavy atom. The number of rotatable bonds is 4. The smallest absolute Gasteiger partial charge is 0.352 e. The van der Waals surface area contributed by atoms with Gasteiger partial charge in [-0.25, -0.2) is 4.79 Å². The van der Waals surface area contributed by atoms with Crippen LogP contribution in [0.3, 0.4) is 0 Å². The number of ether oxygens (including phenoxy) is 1. The lowest BCUT2D eigenvalue weighted by Crippen LogP contribution is -2.18. The van der Waals surface area contributed by atoms with Gasteiger partial charge in [0.1, 0.15) is 11.4 Å². The normalized spacial score (nSPS) is 10.7. The van der Waals surface area contributed by atoms with Crippen molar-refractivity contribution in [3.05, 3.63) is 75.6 Å². The molecule has 2 N–H and O–H groups in total. The Kier molecular flexibility index (Phi) is 3.85. The van der Waals surface area contributed by atoms with Crippen LogP contribution in [0, 0.1) is 0 Å². The number of H-pyrrole nitrogens is 1. The van der Waals surface area contributed by atoms with E-state index in [4.69, 9.17) is 4.74 Å². The van der Waals surface area contributed by atoms with Crippen LogP contribution in [0.5, 0.6) is 5.75 Å². The summed E-state index contributed by atoms with van der Waals surface area (Å²) in [5, 5.41) is 9.91. The topological polar surface area (TPSA) is 79.4 Å². The molecule has 2 aromatic carbocycles. The highest BCUT2D eigenvalue weighted by Gasteiger charge is 2.17. The number of nitrogens with one attached hydrogen (secondary N) is 1. The summed E-state index contributed by atoms with van der Waals surface area (Å²) in [6.45, 7) is 0. The molecule has 3 rings (SSSR count). The number of carbonyl (C=O) groups is 1. The van der Waals surface area contributed by atoms with E-state index < -0.39 is 5.97 Å². The molecule has 0 atom stereocenters. The number of aromatic amines is 1. The van der Waals surface area contributed by atoms with Crippen molar-refractivity contribution in [3.63, 3.8) is 0 Å². The Bertz CT molecular complexity index is 926. The largest absolute Gasteiger partial charge is 0.497 e. The second-order valence-electron chi connectivity index (χ2n) is 5.18. The molecule has 3 aromatic rings. The van der Waals surface area contributed by atoms with E-state index in [9.17, 15) is 14.7 Å². The fraction of sp³-hybridized carbons (Fsp3) is 0.111. The minimum atomic E-state index is -1.14. The zero-order chi connectivity index (χ0) is 16.4. The standard InChI is InChI=1S/C18H15NO4/c1-23-12-8-6-11(7-9-12)10-14-16(18(21)22)19-15-5-3-2-4-13(15)17(14)20/h2-9H,10H2,1H3,(H,19,20)(H,21,22). The fourth-order valence-electron chi connectivity index (χ4n) is 2.58. The number of para-hydroxylation sites is 1. The number of hydrogen-bond donors (Lipinski definition) is 2. The average molecular weight is 309 g/mol. The molecule has 1 heterocycles. The first-order valence-corrected chi connectivity index (χ1v) is 7.10. The Labute approximate surface area is 132 Å². The third-order valence-corrected chi connectivity index (χ3v) is 3.76. The van der Waals surface area contributed by atoms with Gasteiger partial charge in [-0.3, -0.25) is 4.79 Å². The predicted molar refractivity (Wildman–Crippen MR) is 87.3 cm³/mol. The second kappa shape index (κ2) is 5.96. The summed E-state index contributed by atoms with van der Waals surface area (Å²) in [6.07, 6.45) is 0.242. The van der Waals surface area contributed by atoms with E-state index in [0.29, 0.717) is 16.7 Å². The maximum atomic E-state index is 12.7. The van der Waals surface area contributed by atoms with E-state index in [0.717, 1.165) is 5.56 Å². The van der Waals surface area contributed by atoms with Gasteiger partial charge in [0, 0.05) is 22.9 Å². The molecule has 0 radical (unpaired) electrons. The minimum Gasteiger partial charge on any atom is -0.497 e. The summed E-state index contributed by atoms with van der Waals surface area (Å²) in [5.41, 5.74) is 1.29. The molecule has 0 fully saturated rings. The van der Waals surface area contributed by atoms with Crippen molar-refractivity contribution in [2.75, 3.05) is 7.11 Å². The lowest BCUT2D eigenvalue weighted by atomic mass is 10.0. The highest BCUT2D eigenvalue weighted by atomic mass is 16.5. The van der Waals surface area contributed by atoms with Gasteiger partial charge in [0.2, 0.25) is 0 Å². The number of carboxylic acids is 1. The summed E-state index contributed by atoms with van der Waals surface area (Å²) in [6, 6.07) is 14.1. The number of aromatic nitrogens is 1. The Balaban J connectivity index is 2.14. The van der Waals surface area contributed by atoms with Gasteiger partial charge < -0.3 is 14.8 Å². The summed E-state index contributed by atoms with van der Waals surface area (Å²) >= 11 is 0. The maximum Gasteiger partial charge on any atom is 0.352 e. The van der Waals surface area contributed by atoms with E-state index in [1.54, 1.807) is 43.5 Å². The summed E-state index contributed by atoms with van der Waals surface area (Å²) in [7, 11) is 1.57. The van der Waals surface area contributed by atoms with E-state index in [1.807, 2.05) is 12.1 Å². The Hall–Kier alpha value is -3.08. The molecule has 0 bridgehead atoms. The van der Waals surface area contributed by atoms with Gasteiger partial charge in [-0.1, -0.05) is 24.3 Å². The van der Waals surface area contributed by atoms with Crippen molar-refractivity contribution in [1.82, 2.24) is 4.98 Å². The number of hydrogen-bond acceptors (Lipinski definition) is 3. The van der Waals surface area contributed by atoms with E-state index >= 15 is 0 Å². The predicted octanol–water partition coefficient (Wildman–Crippen LogP) is 2.83. The molecule has 0 saturated heterocycles. The molecular weight excluding hydrogens is 294 g/mol. The van der Waals surface area contributed by atoms with Crippen LogP contribution >= 0.6 is 0 Å².